The molecule has 2 aromatic rings. The molecule has 0 saturated heterocycles. The molecule has 16 heavy (non-hydrogen) atoms. The fraction of sp³-hybridized carbons (Fsp3) is 0.250. The maximum absolute atomic E-state index is 9.73. The first kappa shape index (κ1) is 11.0. The van der Waals surface area contributed by atoms with Gasteiger partial charge in [0.25, 0.3) is 0 Å². The molecule has 0 amide bonds. The van der Waals surface area contributed by atoms with E-state index in [0.29, 0.717) is 5.02 Å². The van der Waals surface area contributed by atoms with Gasteiger partial charge in [-0.3, -0.25) is 4.68 Å². The maximum atomic E-state index is 9.73. The molecule has 0 radical (unpaired) electrons. The molecule has 1 N–H and O–H groups in total. The lowest BCUT2D eigenvalue weighted by atomic mass is 10.1. The van der Waals surface area contributed by atoms with Crippen LogP contribution in [-0.4, -0.2) is 14.9 Å². The summed E-state index contributed by atoms with van der Waals surface area (Å²) in [7, 11) is 0. The van der Waals surface area contributed by atoms with Crippen molar-refractivity contribution in [2.24, 2.45) is 0 Å². The first-order valence-electron chi connectivity index (χ1n) is 5.22. The number of halogens is 1. The Morgan fingerprint density at radius 1 is 1.44 bits per heavy atom. The van der Waals surface area contributed by atoms with Crippen molar-refractivity contribution in [2.45, 2.75) is 19.9 Å². The van der Waals surface area contributed by atoms with Gasteiger partial charge in [-0.15, -0.1) is 0 Å². The number of benzene rings is 1. The van der Waals surface area contributed by atoms with E-state index in [1.807, 2.05) is 10.9 Å². The number of nitrogens with zero attached hydrogens (tertiary/aromatic N) is 2. The maximum Gasteiger partial charge on any atom is 0.123 e. The molecule has 1 aromatic carbocycles. The Hall–Kier alpha value is -1.48. The standard InChI is InChI=1S/C12H13ClN2O/c1-2-5-15-8-9(7-14-15)11-6-10(13)3-4-12(11)16/h3-4,6-8,16H,2,5H2,1H3. The predicted octanol–water partition coefficient (Wildman–Crippen LogP) is 3.32. The highest BCUT2D eigenvalue weighted by atomic mass is 35.5. The number of hydrogen-bond donors (Lipinski definition) is 1. The zero-order valence-electron chi connectivity index (χ0n) is 9.02. The van der Waals surface area contributed by atoms with Crippen LogP contribution in [0.4, 0.5) is 0 Å². The predicted molar refractivity (Wildman–Crippen MR) is 64.6 cm³/mol. The fourth-order valence-corrected chi connectivity index (χ4v) is 1.77. The van der Waals surface area contributed by atoms with Gasteiger partial charge in [0.1, 0.15) is 5.75 Å². The number of phenols is 1. The summed E-state index contributed by atoms with van der Waals surface area (Å²) in [5, 5.41) is 14.6. The van der Waals surface area contributed by atoms with Gasteiger partial charge in [-0.1, -0.05) is 18.5 Å². The van der Waals surface area contributed by atoms with Gasteiger partial charge in [-0.2, -0.15) is 5.10 Å². The average molecular weight is 237 g/mol. The van der Waals surface area contributed by atoms with Crippen LogP contribution in [0.3, 0.4) is 0 Å². The van der Waals surface area contributed by atoms with Gasteiger partial charge >= 0.3 is 0 Å². The van der Waals surface area contributed by atoms with Crippen molar-refractivity contribution >= 4 is 11.6 Å². The first-order chi connectivity index (χ1) is 7.70. The van der Waals surface area contributed by atoms with E-state index in [1.165, 1.54) is 0 Å². The Labute approximate surface area is 99.3 Å². The van der Waals surface area contributed by atoms with Gasteiger partial charge in [0, 0.05) is 28.9 Å². The molecule has 0 fully saturated rings. The van der Waals surface area contributed by atoms with Crippen LogP contribution in [0, 0.1) is 0 Å². The number of aromatic hydroxyl groups is 1. The second-order valence-corrected chi connectivity index (χ2v) is 4.09. The first-order valence-corrected chi connectivity index (χ1v) is 5.60. The molecule has 2 rings (SSSR count). The quantitative estimate of drug-likeness (QED) is 0.888. The minimum Gasteiger partial charge on any atom is -0.507 e. The van der Waals surface area contributed by atoms with Gasteiger partial charge < -0.3 is 5.11 Å². The van der Waals surface area contributed by atoms with E-state index in [-0.39, 0.29) is 5.75 Å². The van der Waals surface area contributed by atoms with Crippen LogP contribution in [0.5, 0.6) is 5.75 Å². The van der Waals surface area contributed by atoms with Gasteiger partial charge in [0.05, 0.1) is 6.20 Å². The Balaban J connectivity index is 2.38. The van der Waals surface area contributed by atoms with Crippen LogP contribution in [0.25, 0.3) is 11.1 Å². The molecule has 0 unspecified atom stereocenters. The molecule has 0 aliphatic carbocycles. The second-order valence-electron chi connectivity index (χ2n) is 3.65. The third-order valence-electron chi connectivity index (χ3n) is 2.36. The minimum atomic E-state index is 0.223. The van der Waals surface area contributed by atoms with Gasteiger partial charge in [0.15, 0.2) is 0 Å². The van der Waals surface area contributed by atoms with Crippen molar-refractivity contribution in [2.75, 3.05) is 0 Å². The number of phenolic OH excluding ortho intramolecular Hbond substituents is 1. The van der Waals surface area contributed by atoms with E-state index in [9.17, 15) is 5.11 Å². The fourth-order valence-electron chi connectivity index (χ4n) is 1.59. The summed E-state index contributed by atoms with van der Waals surface area (Å²) < 4.78 is 1.86. The number of aromatic nitrogens is 2. The van der Waals surface area contributed by atoms with Gasteiger partial charge in [0.2, 0.25) is 0 Å². The summed E-state index contributed by atoms with van der Waals surface area (Å²) in [6.45, 7) is 2.97. The molecule has 0 bridgehead atoms. The topological polar surface area (TPSA) is 38.0 Å². The van der Waals surface area contributed by atoms with Crippen molar-refractivity contribution in [1.29, 1.82) is 0 Å². The minimum absolute atomic E-state index is 0.223. The SMILES string of the molecule is CCCn1cc(-c2cc(Cl)ccc2O)cn1. The number of rotatable bonds is 3. The molecule has 0 spiro atoms. The van der Waals surface area contributed by atoms with Crippen LogP contribution in [-0.2, 0) is 6.54 Å². The molecule has 1 heterocycles. The van der Waals surface area contributed by atoms with Crippen LogP contribution in [0.2, 0.25) is 5.02 Å². The molecular weight excluding hydrogens is 224 g/mol. The smallest absolute Gasteiger partial charge is 0.123 e. The van der Waals surface area contributed by atoms with Crippen molar-refractivity contribution in [3.63, 3.8) is 0 Å². The molecule has 0 aliphatic rings. The Bertz CT molecular complexity index is 494. The monoisotopic (exact) mass is 236 g/mol. The Morgan fingerprint density at radius 2 is 2.25 bits per heavy atom. The van der Waals surface area contributed by atoms with Crippen LogP contribution in [0.15, 0.2) is 30.6 Å². The summed E-state index contributed by atoms with van der Waals surface area (Å²) in [6.07, 6.45) is 4.68. The molecule has 4 heteroatoms. The molecule has 1 aromatic heterocycles. The lowest BCUT2D eigenvalue weighted by Crippen LogP contribution is -1.95. The lowest BCUT2D eigenvalue weighted by molar-refractivity contribution is 0.477. The van der Waals surface area contributed by atoms with Crippen LogP contribution in [0.1, 0.15) is 13.3 Å². The number of hydrogen-bond acceptors (Lipinski definition) is 2. The third kappa shape index (κ3) is 2.19. The molecule has 0 saturated carbocycles. The molecule has 3 nitrogen and oxygen atoms in total. The summed E-state index contributed by atoms with van der Waals surface area (Å²) in [4.78, 5) is 0. The highest BCUT2D eigenvalue weighted by molar-refractivity contribution is 6.30. The van der Waals surface area contributed by atoms with Crippen molar-refractivity contribution < 1.29 is 5.11 Å². The average Bonchev–Trinajstić information content (AvgIpc) is 2.71. The second kappa shape index (κ2) is 4.58. The highest BCUT2D eigenvalue weighted by Gasteiger charge is 2.07. The Morgan fingerprint density at radius 3 is 3.00 bits per heavy atom. The van der Waals surface area contributed by atoms with Crippen LogP contribution >= 0.6 is 11.6 Å². The third-order valence-corrected chi connectivity index (χ3v) is 2.59. The van der Waals surface area contributed by atoms with E-state index in [1.54, 1.807) is 24.4 Å². The normalized spacial score (nSPS) is 10.6. The molecule has 0 atom stereocenters. The number of aryl methyl sites for hydroxylation is 1. The summed E-state index contributed by atoms with van der Waals surface area (Å²) in [6, 6.07) is 5.00. The molecular formula is C12H13ClN2O. The van der Waals surface area contributed by atoms with Crippen LogP contribution < -0.4 is 0 Å². The zero-order valence-corrected chi connectivity index (χ0v) is 9.78. The van der Waals surface area contributed by atoms with Crippen molar-refractivity contribution in [1.82, 2.24) is 9.78 Å². The van der Waals surface area contributed by atoms with Crippen molar-refractivity contribution in [3.8, 4) is 16.9 Å². The zero-order chi connectivity index (χ0) is 11.5. The van der Waals surface area contributed by atoms with E-state index >= 15 is 0 Å². The van der Waals surface area contributed by atoms with Crippen molar-refractivity contribution in [3.05, 3.63) is 35.6 Å². The van der Waals surface area contributed by atoms with Gasteiger partial charge in [-0.25, -0.2) is 0 Å². The van der Waals surface area contributed by atoms with Gasteiger partial charge in [-0.05, 0) is 24.6 Å². The van der Waals surface area contributed by atoms with E-state index in [4.69, 9.17) is 11.6 Å². The summed E-state index contributed by atoms with van der Waals surface area (Å²) in [5.74, 6) is 0.223. The van der Waals surface area contributed by atoms with E-state index in [0.717, 1.165) is 24.1 Å². The summed E-state index contributed by atoms with van der Waals surface area (Å²) in [5.41, 5.74) is 1.60. The van der Waals surface area contributed by atoms with E-state index in [2.05, 4.69) is 12.0 Å². The molecule has 84 valence electrons. The largest absolute Gasteiger partial charge is 0.507 e. The lowest BCUT2D eigenvalue weighted by Gasteiger charge is -2.01. The van der Waals surface area contributed by atoms with E-state index < -0.39 is 0 Å². The highest BCUT2D eigenvalue weighted by Crippen LogP contribution is 2.31. The Kier molecular flexibility index (Phi) is 3.15. The molecule has 0 aliphatic heterocycles. The summed E-state index contributed by atoms with van der Waals surface area (Å²) >= 11 is 5.90.